The Morgan fingerprint density at radius 2 is 1.40 bits per heavy atom. The molecule has 2 aromatic rings. The van der Waals surface area contributed by atoms with Crippen LogP contribution in [0.15, 0.2) is 30.3 Å². The fraction of sp³-hybridized carbons (Fsp3) is 0.143. The third-order valence-electron chi connectivity index (χ3n) is 2.70. The zero-order valence-electron chi connectivity index (χ0n) is 10.2. The molecule has 0 aromatic heterocycles. The molecule has 106 valence electrons. The van der Waals surface area contributed by atoms with Crippen molar-refractivity contribution in [3.8, 4) is 11.1 Å². The predicted octanol–water partition coefficient (Wildman–Crippen LogP) is 6.64. The maximum atomic E-state index is 12.8. The molecule has 0 spiro atoms. The molecule has 0 heterocycles. The molecule has 0 saturated carbocycles. The van der Waals surface area contributed by atoms with E-state index in [1.807, 2.05) is 0 Å². The smallest absolute Gasteiger partial charge is 0.166 e. The molecular formula is C14H8Cl3F3. The molecule has 0 atom stereocenters. The van der Waals surface area contributed by atoms with Crippen molar-refractivity contribution in [3.05, 3.63) is 56.5 Å². The minimum Gasteiger partial charge on any atom is -0.166 e. The van der Waals surface area contributed by atoms with Crippen LogP contribution in [0.5, 0.6) is 0 Å². The van der Waals surface area contributed by atoms with Crippen molar-refractivity contribution < 1.29 is 13.2 Å². The summed E-state index contributed by atoms with van der Waals surface area (Å²) in [6, 6.07) is 6.57. The van der Waals surface area contributed by atoms with E-state index in [9.17, 15) is 13.2 Å². The summed E-state index contributed by atoms with van der Waals surface area (Å²) in [5, 5.41) is 0.745. The van der Waals surface area contributed by atoms with E-state index in [0.29, 0.717) is 21.7 Å². The van der Waals surface area contributed by atoms with Crippen molar-refractivity contribution in [2.75, 3.05) is 0 Å². The molecule has 6 heteroatoms. The second-order valence-corrected chi connectivity index (χ2v) is 5.58. The summed E-state index contributed by atoms with van der Waals surface area (Å²) in [6.45, 7) is 1.58. The van der Waals surface area contributed by atoms with Crippen molar-refractivity contribution in [1.82, 2.24) is 0 Å². The van der Waals surface area contributed by atoms with Crippen LogP contribution in [0, 0.1) is 6.92 Å². The Hall–Kier alpha value is -0.900. The highest BCUT2D eigenvalue weighted by Gasteiger charge is 2.31. The molecule has 0 radical (unpaired) electrons. The van der Waals surface area contributed by atoms with Crippen LogP contribution < -0.4 is 0 Å². The second-order valence-electron chi connectivity index (χ2n) is 4.33. The van der Waals surface area contributed by atoms with E-state index < -0.39 is 11.7 Å². The average molecular weight is 340 g/mol. The van der Waals surface area contributed by atoms with E-state index in [0.717, 1.165) is 12.1 Å². The highest BCUT2D eigenvalue weighted by Crippen LogP contribution is 2.40. The lowest BCUT2D eigenvalue weighted by molar-refractivity contribution is -0.137. The van der Waals surface area contributed by atoms with Gasteiger partial charge in [-0.05, 0) is 42.3 Å². The Balaban J connectivity index is 2.68. The molecular weight excluding hydrogens is 332 g/mol. The first-order valence-electron chi connectivity index (χ1n) is 5.52. The number of aryl methyl sites for hydroxylation is 1. The van der Waals surface area contributed by atoms with Crippen molar-refractivity contribution >= 4 is 34.8 Å². The summed E-state index contributed by atoms with van der Waals surface area (Å²) in [5.41, 5.74) is 0.377. The van der Waals surface area contributed by atoms with E-state index in [1.165, 1.54) is 12.1 Å². The van der Waals surface area contributed by atoms with Crippen LogP contribution in [0.25, 0.3) is 11.1 Å². The number of hydrogen-bond donors (Lipinski definition) is 0. The molecule has 2 aromatic carbocycles. The number of benzene rings is 2. The quantitative estimate of drug-likeness (QED) is 0.546. The van der Waals surface area contributed by atoms with Gasteiger partial charge in [0, 0.05) is 10.6 Å². The number of alkyl halides is 3. The van der Waals surface area contributed by atoms with Gasteiger partial charge in [0.25, 0.3) is 0 Å². The first-order chi connectivity index (χ1) is 9.18. The van der Waals surface area contributed by atoms with Crippen LogP contribution in [0.4, 0.5) is 13.2 Å². The van der Waals surface area contributed by atoms with Gasteiger partial charge in [0.15, 0.2) is 0 Å². The molecule has 0 saturated heterocycles. The van der Waals surface area contributed by atoms with Crippen LogP contribution in [-0.4, -0.2) is 0 Å². The van der Waals surface area contributed by atoms with Gasteiger partial charge in [0.05, 0.1) is 15.6 Å². The largest absolute Gasteiger partial charge is 0.416 e. The van der Waals surface area contributed by atoms with Gasteiger partial charge in [0.2, 0.25) is 0 Å². The predicted molar refractivity (Wildman–Crippen MR) is 76.6 cm³/mol. The lowest BCUT2D eigenvalue weighted by Crippen LogP contribution is -2.05. The summed E-state index contributed by atoms with van der Waals surface area (Å²) in [6.07, 6.45) is -4.42. The van der Waals surface area contributed by atoms with E-state index in [4.69, 9.17) is 34.8 Å². The Kier molecular flexibility index (Phi) is 4.24. The number of rotatable bonds is 1. The minimum atomic E-state index is -4.42. The summed E-state index contributed by atoms with van der Waals surface area (Å²) in [5.74, 6) is 0. The molecule has 0 N–H and O–H groups in total. The molecule has 0 bridgehead atoms. The van der Waals surface area contributed by atoms with E-state index in [-0.39, 0.29) is 10.0 Å². The standard InChI is InChI=1S/C14H8Cl3F3/c1-7-2-8(4-9(3-7)14(18,19)20)13-11(16)5-10(15)6-12(13)17/h2-6H,1H3. The monoisotopic (exact) mass is 338 g/mol. The highest BCUT2D eigenvalue weighted by atomic mass is 35.5. The lowest BCUT2D eigenvalue weighted by atomic mass is 10.00. The lowest BCUT2D eigenvalue weighted by Gasteiger charge is -2.13. The molecule has 20 heavy (non-hydrogen) atoms. The first-order valence-corrected chi connectivity index (χ1v) is 6.65. The van der Waals surface area contributed by atoms with Crippen LogP contribution in [0.2, 0.25) is 15.1 Å². The summed E-state index contributed by atoms with van der Waals surface area (Å²) in [7, 11) is 0. The summed E-state index contributed by atoms with van der Waals surface area (Å²) < 4.78 is 38.5. The maximum Gasteiger partial charge on any atom is 0.416 e. The first kappa shape index (κ1) is 15.5. The van der Waals surface area contributed by atoms with Crippen molar-refractivity contribution in [3.63, 3.8) is 0 Å². The molecule has 2 rings (SSSR count). The van der Waals surface area contributed by atoms with Crippen molar-refractivity contribution in [2.24, 2.45) is 0 Å². The van der Waals surface area contributed by atoms with Crippen molar-refractivity contribution in [2.45, 2.75) is 13.1 Å². The fourth-order valence-corrected chi connectivity index (χ4v) is 2.94. The fourth-order valence-electron chi connectivity index (χ4n) is 1.91. The molecule has 0 aliphatic heterocycles. The Morgan fingerprint density at radius 1 is 0.850 bits per heavy atom. The molecule has 0 amide bonds. The Labute approximate surface area is 129 Å². The summed E-state index contributed by atoms with van der Waals surface area (Å²) in [4.78, 5) is 0. The Morgan fingerprint density at radius 3 is 1.90 bits per heavy atom. The van der Waals surface area contributed by atoms with Gasteiger partial charge in [-0.15, -0.1) is 0 Å². The zero-order chi connectivity index (χ0) is 15.1. The van der Waals surface area contributed by atoms with Gasteiger partial charge in [0.1, 0.15) is 0 Å². The topological polar surface area (TPSA) is 0 Å². The van der Waals surface area contributed by atoms with Gasteiger partial charge in [-0.3, -0.25) is 0 Å². The average Bonchev–Trinajstić information content (AvgIpc) is 2.25. The number of halogens is 6. The SMILES string of the molecule is Cc1cc(-c2c(Cl)cc(Cl)cc2Cl)cc(C(F)(F)F)c1. The van der Waals surface area contributed by atoms with Crippen LogP contribution in [0.1, 0.15) is 11.1 Å². The number of hydrogen-bond acceptors (Lipinski definition) is 0. The maximum absolute atomic E-state index is 12.8. The zero-order valence-corrected chi connectivity index (χ0v) is 12.4. The highest BCUT2D eigenvalue weighted by molar-refractivity contribution is 6.41. The van der Waals surface area contributed by atoms with E-state index >= 15 is 0 Å². The summed E-state index contributed by atoms with van der Waals surface area (Å²) >= 11 is 17.9. The minimum absolute atomic E-state index is 0.209. The van der Waals surface area contributed by atoms with Crippen LogP contribution in [0.3, 0.4) is 0 Å². The molecule has 0 aliphatic rings. The van der Waals surface area contributed by atoms with E-state index in [2.05, 4.69) is 0 Å². The second kappa shape index (κ2) is 5.47. The Bertz CT molecular complexity index is 640. The third kappa shape index (κ3) is 3.22. The van der Waals surface area contributed by atoms with Gasteiger partial charge in [-0.1, -0.05) is 40.9 Å². The van der Waals surface area contributed by atoms with E-state index in [1.54, 1.807) is 13.0 Å². The van der Waals surface area contributed by atoms with Gasteiger partial charge >= 0.3 is 6.18 Å². The van der Waals surface area contributed by atoms with Gasteiger partial charge in [-0.2, -0.15) is 13.2 Å². The van der Waals surface area contributed by atoms with Gasteiger partial charge in [-0.25, -0.2) is 0 Å². The normalized spacial score (nSPS) is 11.8. The molecule has 0 fully saturated rings. The molecule has 0 unspecified atom stereocenters. The van der Waals surface area contributed by atoms with Crippen LogP contribution >= 0.6 is 34.8 Å². The molecule has 0 nitrogen and oxygen atoms in total. The van der Waals surface area contributed by atoms with Gasteiger partial charge < -0.3 is 0 Å². The van der Waals surface area contributed by atoms with Crippen molar-refractivity contribution in [1.29, 1.82) is 0 Å². The van der Waals surface area contributed by atoms with Crippen LogP contribution in [-0.2, 0) is 6.18 Å². The third-order valence-corrected chi connectivity index (χ3v) is 3.51. The molecule has 0 aliphatic carbocycles.